The lowest BCUT2D eigenvalue weighted by Gasteiger charge is -2.19. The first-order valence-corrected chi connectivity index (χ1v) is 8.04. The van der Waals surface area contributed by atoms with E-state index in [1.54, 1.807) is 11.3 Å². The molecule has 22 heavy (non-hydrogen) atoms. The summed E-state index contributed by atoms with van der Waals surface area (Å²) in [6.45, 7) is 4.52. The normalized spacial score (nSPS) is 16.5. The second kappa shape index (κ2) is 4.33. The van der Waals surface area contributed by atoms with Crippen molar-refractivity contribution in [1.29, 1.82) is 0 Å². The number of H-pyrrole nitrogens is 1. The number of benzene rings is 1. The van der Waals surface area contributed by atoms with Gasteiger partial charge in [0, 0.05) is 0 Å². The molecule has 6 heteroatoms. The Labute approximate surface area is 131 Å². The number of aromatic nitrogens is 2. The molecule has 0 radical (unpaired) electrons. The Morgan fingerprint density at radius 2 is 2.23 bits per heavy atom. The third-order valence-corrected chi connectivity index (χ3v) is 5.01. The summed E-state index contributed by atoms with van der Waals surface area (Å²) in [5, 5.41) is 4.10. The Hall–Kier alpha value is -2.34. The van der Waals surface area contributed by atoms with Crippen molar-refractivity contribution in [2.45, 2.75) is 25.8 Å². The zero-order valence-electron chi connectivity index (χ0n) is 12.4. The molecule has 1 aliphatic rings. The van der Waals surface area contributed by atoms with Crippen LogP contribution >= 0.6 is 11.3 Å². The predicted octanol–water partition coefficient (Wildman–Crippen LogP) is 3.03. The van der Waals surface area contributed by atoms with E-state index < -0.39 is 5.41 Å². The van der Waals surface area contributed by atoms with E-state index in [-0.39, 0.29) is 5.91 Å². The van der Waals surface area contributed by atoms with Crippen molar-refractivity contribution in [2.75, 3.05) is 10.6 Å². The standard InChI is InChI=1S/C16H16N4OS/c1-16(2)10-5-11-12(19-15(17)18-11)6-13(10)20(14(16)21)7-9-3-4-22-8-9/h3-6,8H,7H2,1-2H3,(H3,17,18,19). The lowest BCUT2D eigenvalue weighted by atomic mass is 9.86. The number of thiophene rings is 1. The minimum Gasteiger partial charge on any atom is -0.369 e. The predicted molar refractivity (Wildman–Crippen MR) is 89.0 cm³/mol. The monoisotopic (exact) mass is 312 g/mol. The maximum atomic E-state index is 12.9. The minimum atomic E-state index is -0.548. The molecule has 0 aliphatic carbocycles. The third kappa shape index (κ3) is 1.77. The molecular weight excluding hydrogens is 296 g/mol. The highest BCUT2D eigenvalue weighted by molar-refractivity contribution is 7.07. The van der Waals surface area contributed by atoms with E-state index in [4.69, 9.17) is 5.73 Å². The topological polar surface area (TPSA) is 75.0 Å². The third-order valence-electron chi connectivity index (χ3n) is 4.28. The first-order valence-electron chi connectivity index (χ1n) is 7.09. The van der Waals surface area contributed by atoms with Crippen molar-refractivity contribution in [2.24, 2.45) is 0 Å². The van der Waals surface area contributed by atoms with Crippen molar-refractivity contribution < 1.29 is 4.79 Å². The molecule has 0 bridgehead atoms. The number of rotatable bonds is 2. The number of hydrogen-bond acceptors (Lipinski definition) is 4. The number of hydrogen-bond donors (Lipinski definition) is 2. The van der Waals surface area contributed by atoms with Gasteiger partial charge in [-0.2, -0.15) is 11.3 Å². The highest BCUT2D eigenvalue weighted by Crippen LogP contribution is 2.44. The van der Waals surface area contributed by atoms with Gasteiger partial charge in [-0.1, -0.05) is 0 Å². The van der Waals surface area contributed by atoms with Gasteiger partial charge in [-0.15, -0.1) is 0 Å². The first kappa shape index (κ1) is 13.3. The molecule has 1 aliphatic heterocycles. The number of nitrogens with two attached hydrogens (primary N) is 1. The number of carbonyl (C=O) groups is 1. The van der Waals surface area contributed by atoms with Crippen LogP contribution in [0.15, 0.2) is 29.0 Å². The van der Waals surface area contributed by atoms with Gasteiger partial charge in [0.05, 0.1) is 28.7 Å². The highest BCUT2D eigenvalue weighted by Gasteiger charge is 2.44. The lowest BCUT2D eigenvalue weighted by molar-refractivity contribution is -0.122. The van der Waals surface area contributed by atoms with E-state index in [0.717, 1.165) is 27.8 Å². The van der Waals surface area contributed by atoms with Crippen molar-refractivity contribution >= 4 is 39.9 Å². The smallest absolute Gasteiger partial charge is 0.237 e. The number of nitrogens with one attached hydrogen (secondary N) is 1. The summed E-state index contributed by atoms with van der Waals surface area (Å²) >= 11 is 1.64. The molecule has 1 aromatic carbocycles. The van der Waals surface area contributed by atoms with E-state index in [1.165, 1.54) is 0 Å². The summed E-state index contributed by atoms with van der Waals surface area (Å²) in [7, 11) is 0. The van der Waals surface area contributed by atoms with Gasteiger partial charge < -0.3 is 15.6 Å². The molecule has 0 unspecified atom stereocenters. The SMILES string of the molecule is CC1(C)C(=O)N(Cc2ccsc2)c2cc3[nH]c(N)nc3cc21. The molecule has 2 aromatic heterocycles. The molecule has 1 amide bonds. The fourth-order valence-electron chi connectivity index (χ4n) is 3.07. The number of imidazole rings is 1. The Balaban J connectivity index is 1.89. The van der Waals surface area contributed by atoms with Crippen LogP contribution in [0, 0.1) is 0 Å². The number of aromatic amines is 1. The Morgan fingerprint density at radius 3 is 2.95 bits per heavy atom. The lowest BCUT2D eigenvalue weighted by Crippen LogP contribution is -2.35. The van der Waals surface area contributed by atoms with Crippen molar-refractivity contribution in [3.8, 4) is 0 Å². The van der Waals surface area contributed by atoms with Crippen LogP contribution in [0.25, 0.3) is 11.0 Å². The summed E-state index contributed by atoms with van der Waals surface area (Å²) in [5.41, 5.74) is 9.95. The molecule has 3 N–H and O–H groups in total. The van der Waals surface area contributed by atoms with E-state index in [9.17, 15) is 4.79 Å². The van der Waals surface area contributed by atoms with E-state index in [2.05, 4.69) is 21.4 Å². The summed E-state index contributed by atoms with van der Waals surface area (Å²) in [4.78, 5) is 22.0. The number of anilines is 2. The van der Waals surface area contributed by atoms with Crippen LogP contribution < -0.4 is 10.6 Å². The van der Waals surface area contributed by atoms with Crippen molar-refractivity contribution in [3.05, 3.63) is 40.1 Å². The van der Waals surface area contributed by atoms with Crippen LogP contribution in [0.5, 0.6) is 0 Å². The molecule has 112 valence electrons. The zero-order valence-corrected chi connectivity index (χ0v) is 13.2. The van der Waals surface area contributed by atoms with Crippen LogP contribution in [-0.4, -0.2) is 15.9 Å². The largest absolute Gasteiger partial charge is 0.369 e. The number of carbonyl (C=O) groups excluding carboxylic acids is 1. The quantitative estimate of drug-likeness (QED) is 0.763. The number of amides is 1. The number of nitrogen functional groups attached to an aromatic ring is 1. The van der Waals surface area contributed by atoms with Gasteiger partial charge in [0.25, 0.3) is 0 Å². The number of nitrogens with zero attached hydrogens (tertiary/aromatic N) is 2. The van der Waals surface area contributed by atoms with E-state index in [1.807, 2.05) is 36.3 Å². The first-order chi connectivity index (χ1) is 10.5. The molecule has 0 saturated heterocycles. The minimum absolute atomic E-state index is 0.120. The maximum absolute atomic E-state index is 12.9. The average molecular weight is 312 g/mol. The van der Waals surface area contributed by atoms with Crippen molar-refractivity contribution in [1.82, 2.24) is 9.97 Å². The van der Waals surface area contributed by atoms with Gasteiger partial charge in [-0.3, -0.25) is 4.79 Å². The van der Waals surface area contributed by atoms with Crippen LogP contribution in [0.4, 0.5) is 11.6 Å². The second-order valence-electron chi connectivity index (χ2n) is 6.16. The Bertz CT molecular complexity index is 879. The summed E-state index contributed by atoms with van der Waals surface area (Å²) in [6.07, 6.45) is 0. The molecule has 4 rings (SSSR count). The highest BCUT2D eigenvalue weighted by atomic mass is 32.1. The molecule has 3 aromatic rings. The summed E-state index contributed by atoms with van der Waals surface area (Å²) in [6, 6.07) is 6.01. The Kier molecular flexibility index (Phi) is 2.62. The van der Waals surface area contributed by atoms with Gasteiger partial charge in [0.1, 0.15) is 0 Å². The van der Waals surface area contributed by atoms with Gasteiger partial charge in [-0.05, 0) is 53.9 Å². The van der Waals surface area contributed by atoms with E-state index in [0.29, 0.717) is 12.5 Å². The maximum Gasteiger partial charge on any atom is 0.237 e. The summed E-state index contributed by atoms with van der Waals surface area (Å²) < 4.78 is 0. The van der Waals surface area contributed by atoms with Crippen LogP contribution in [0.2, 0.25) is 0 Å². The molecule has 5 nitrogen and oxygen atoms in total. The molecule has 3 heterocycles. The fraction of sp³-hybridized carbons (Fsp3) is 0.250. The summed E-state index contributed by atoms with van der Waals surface area (Å²) in [5.74, 6) is 0.515. The zero-order chi connectivity index (χ0) is 15.5. The van der Waals surface area contributed by atoms with Gasteiger partial charge >= 0.3 is 0 Å². The Morgan fingerprint density at radius 1 is 1.41 bits per heavy atom. The molecule has 0 atom stereocenters. The van der Waals surface area contributed by atoms with Crippen molar-refractivity contribution in [3.63, 3.8) is 0 Å². The fourth-order valence-corrected chi connectivity index (χ4v) is 3.73. The molecule has 0 saturated carbocycles. The molecular formula is C16H16N4OS. The molecule has 0 spiro atoms. The number of fused-ring (bicyclic) bond motifs is 2. The van der Waals surface area contributed by atoms with Crippen LogP contribution in [0.1, 0.15) is 25.0 Å². The average Bonchev–Trinajstić information content (AvgIpc) is 3.13. The van der Waals surface area contributed by atoms with Crippen LogP contribution in [-0.2, 0) is 16.8 Å². The second-order valence-corrected chi connectivity index (χ2v) is 6.94. The van der Waals surface area contributed by atoms with Gasteiger partial charge in [0.2, 0.25) is 5.91 Å². The van der Waals surface area contributed by atoms with E-state index >= 15 is 0 Å². The molecule has 0 fully saturated rings. The van der Waals surface area contributed by atoms with Crippen LogP contribution in [0.3, 0.4) is 0 Å². The van der Waals surface area contributed by atoms with Gasteiger partial charge in [0.15, 0.2) is 5.95 Å². The van der Waals surface area contributed by atoms with Gasteiger partial charge in [-0.25, -0.2) is 4.98 Å².